The molecule has 2 heterocycles. The van der Waals surface area contributed by atoms with Crippen LogP contribution in [-0.2, 0) is 0 Å². The third kappa shape index (κ3) is 3.82. The van der Waals surface area contributed by atoms with E-state index in [0.29, 0.717) is 38.2 Å². The van der Waals surface area contributed by atoms with Crippen LogP contribution in [0.1, 0.15) is 38.4 Å². The van der Waals surface area contributed by atoms with Gasteiger partial charge in [-0.25, -0.2) is 5.10 Å². The predicted molar refractivity (Wildman–Crippen MR) is 97.2 cm³/mol. The number of H-pyrrole nitrogens is 1. The minimum absolute atomic E-state index is 0.00966. The lowest BCUT2D eigenvalue weighted by Gasteiger charge is -2.22. The number of carbonyl (C=O) groups is 2. The molecule has 1 aliphatic heterocycles. The molecule has 1 N–H and O–H groups in total. The van der Waals surface area contributed by atoms with Crippen molar-refractivity contribution in [2.75, 3.05) is 26.2 Å². The Morgan fingerprint density at radius 3 is 2.23 bits per heavy atom. The maximum Gasteiger partial charge on any atom is 0.274 e. The van der Waals surface area contributed by atoms with Crippen LogP contribution in [0, 0.1) is 13.8 Å². The third-order valence-electron chi connectivity index (χ3n) is 4.72. The summed E-state index contributed by atoms with van der Waals surface area (Å²) in [6.07, 6.45) is 0.700. The van der Waals surface area contributed by atoms with E-state index < -0.39 is 0 Å². The average Bonchev–Trinajstić information content (AvgIpc) is 2.89. The molecule has 136 valence electrons. The summed E-state index contributed by atoms with van der Waals surface area (Å²) in [5.41, 5.74) is 2.78. The van der Waals surface area contributed by atoms with Gasteiger partial charge >= 0.3 is 0 Å². The Balaban J connectivity index is 1.68. The smallest absolute Gasteiger partial charge is 0.274 e. The van der Waals surface area contributed by atoms with Gasteiger partial charge in [0.15, 0.2) is 0 Å². The molecule has 0 saturated carbocycles. The van der Waals surface area contributed by atoms with Gasteiger partial charge in [0.25, 0.3) is 17.4 Å². The lowest BCUT2D eigenvalue weighted by Crippen LogP contribution is -2.37. The number of hydrogen-bond acceptors (Lipinski definition) is 4. The van der Waals surface area contributed by atoms with Gasteiger partial charge in [-0.15, -0.1) is 0 Å². The molecule has 3 rings (SSSR count). The predicted octanol–water partition coefficient (Wildman–Crippen LogP) is 1.38. The molecule has 2 amide bonds. The van der Waals surface area contributed by atoms with Gasteiger partial charge in [-0.3, -0.25) is 14.4 Å². The maximum absolute atomic E-state index is 12.8. The number of amides is 2. The quantitative estimate of drug-likeness (QED) is 0.883. The van der Waals surface area contributed by atoms with Crippen molar-refractivity contribution < 1.29 is 9.59 Å². The summed E-state index contributed by atoms with van der Waals surface area (Å²) in [4.78, 5) is 39.9. The van der Waals surface area contributed by atoms with E-state index in [1.54, 1.807) is 9.80 Å². The van der Waals surface area contributed by atoms with Crippen LogP contribution in [0.15, 0.2) is 35.1 Å². The van der Waals surface area contributed by atoms with Crippen molar-refractivity contribution in [1.82, 2.24) is 20.0 Å². The average molecular weight is 354 g/mol. The highest BCUT2D eigenvalue weighted by molar-refractivity contribution is 5.95. The van der Waals surface area contributed by atoms with Gasteiger partial charge in [-0.05, 0) is 49.6 Å². The summed E-state index contributed by atoms with van der Waals surface area (Å²) in [5, 5.41) is 6.07. The van der Waals surface area contributed by atoms with Crippen molar-refractivity contribution in [3.63, 3.8) is 0 Å². The number of nitrogens with one attached hydrogen (secondary N) is 1. The van der Waals surface area contributed by atoms with Crippen LogP contribution in [0.5, 0.6) is 0 Å². The lowest BCUT2D eigenvalue weighted by atomic mass is 10.1. The molecule has 1 aromatic heterocycles. The summed E-state index contributed by atoms with van der Waals surface area (Å²) < 4.78 is 0. The van der Waals surface area contributed by atoms with Crippen LogP contribution >= 0.6 is 0 Å². The first kappa shape index (κ1) is 17.8. The zero-order valence-electron chi connectivity index (χ0n) is 15.0. The molecule has 0 spiro atoms. The third-order valence-corrected chi connectivity index (χ3v) is 4.72. The Hall–Kier alpha value is -2.96. The Kier molecular flexibility index (Phi) is 5.16. The lowest BCUT2D eigenvalue weighted by molar-refractivity contribution is 0.0715. The van der Waals surface area contributed by atoms with E-state index in [-0.39, 0.29) is 23.1 Å². The van der Waals surface area contributed by atoms with Crippen LogP contribution in [0.25, 0.3) is 0 Å². The highest BCUT2D eigenvalue weighted by atomic mass is 16.2. The molecule has 0 atom stereocenters. The molecule has 7 nitrogen and oxygen atoms in total. The molecular formula is C19H22N4O3. The minimum Gasteiger partial charge on any atom is -0.337 e. The first-order valence-electron chi connectivity index (χ1n) is 8.67. The fourth-order valence-electron chi connectivity index (χ4n) is 3.01. The molecule has 1 fully saturated rings. The second-order valence-electron chi connectivity index (χ2n) is 6.54. The molecule has 0 unspecified atom stereocenters. The van der Waals surface area contributed by atoms with Crippen molar-refractivity contribution >= 4 is 11.8 Å². The fourth-order valence-corrected chi connectivity index (χ4v) is 3.01. The Bertz CT molecular complexity index is 870. The van der Waals surface area contributed by atoms with Crippen molar-refractivity contribution in [2.24, 2.45) is 0 Å². The minimum atomic E-state index is -0.345. The van der Waals surface area contributed by atoms with Crippen LogP contribution in [0.2, 0.25) is 0 Å². The molecular weight excluding hydrogens is 332 g/mol. The monoisotopic (exact) mass is 354 g/mol. The van der Waals surface area contributed by atoms with E-state index in [1.807, 2.05) is 32.0 Å². The number of aryl methyl sites for hydroxylation is 2. The molecule has 0 bridgehead atoms. The Morgan fingerprint density at radius 2 is 1.62 bits per heavy atom. The Labute approximate surface area is 151 Å². The zero-order valence-corrected chi connectivity index (χ0v) is 15.0. The molecule has 1 aliphatic rings. The molecule has 1 saturated heterocycles. The number of benzene rings is 1. The summed E-state index contributed by atoms with van der Waals surface area (Å²) in [7, 11) is 0. The number of aromatic nitrogens is 2. The highest BCUT2D eigenvalue weighted by Crippen LogP contribution is 2.14. The van der Waals surface area contributed by atoms with Crippen LogP contribution in [0.3, 0.4) is 0 Å². The summed E-state index contributed by atoms with van der Waals surface area (Å²) >= 11 is 0. The topological polar surface area (TPSA) is 86.4 Å². The number of hydrogen-bond donors (Lipinski definition) is 1. The van der Waals surface area contributed by atoms with E-state index >= 15 is 0 Å². The van der Waals surface area contributed by atoms with Gasteiger partial charge in [0.05, 0.1) is 0 Å². The van der Waals surface area contributed by atoms with Crippen molar-refractivity contribution in [3.05, 3.63) is 63.1 Å². The number of carbonyl (C=O) groups excluding carboxylic acids is 2. The van der Waals surface area contributed by atoms with Gasteiger partial charge < -0.3 is 9.80 Å². The van der Waals surface area contributed by atoms with Gasteiger partial charge in [0.2, 0.25) is 0 Å². The zero-order chi connectivity index (χ0) is 18.7. The molecule has 26 heavy (non-hydrogen) atoms. The van der Waals surface area contributed by atoms with E-state index in [1.165, 1.54) is 12.1 Å². The largest absolute Gasteiger partial charge is 0.337 e. The van der Waals surface area contributed by atoms with Gasteiger partial charge in [-0.2, -0.15) is 5.10 Å². The standard InChI is InChI=1S/C19H22N4O3/c1-13-4-5-15(12-14(13)2)18(25)22-8-3-9-23(11-10-22)19(26)16-6-7-17(24)21-20-16/h4-7,12H,3,8-11H2,1-2H3,(H,21,24). The number of rotatable bonds is 2. The normalized spacial score (nSPS) is 14.8. The SMILES string of the molecule is Cc1ccc(C(=O)N2CCCN(C(=O)c3ccc(=O)[nH]n3)CC2)cc1C. The molecule has 2 aromatic rings. The molecule has 1 aromatic carbocycles. The van der Waals surface area contributed by atoms with E-state index in [4.69, 9.17) is 0 Å². The van der Waals surface area contributed by atoms with Crippen LogP contribution in [-0.4, -0.2) is 58.0 Å². The van der Waals surface area contributed by atoms with Crippen molar-refractivity contribution in [3.8, 4) is 0 Å². The van der Waals surface area contributed by atoms with Gasteiger partial charge in [0, 0.05) is 37.8 Å². The molecule has 0 aliphatic carbocycles. The second kappa shape index (κ2) is 7.51. The first-order valence-corrected chi connectivity index (χ1v) is 8.67. The van der Waals surface area contributed by atoms with E-state index in [2.05, 4.69) is 10.2 Å². The molecule has 7 heteroatoms. The molecule has 0 radical (unpaired) electrons. The van der Waals surface area contributed by atoms with E-state index in [0.717, 1.165) is 11.1 Å². The van der Waals surface area contributed by atoms with Gasteiger partial charge in [0.1, 0.15) is 5.69 Å². The van der Waals surface area contributed by atoms with Gasteiger partial charge in [-0.1, -0.05) is 6.07 Å². The second-order valence-corrected chi connectivity index (χ2v) is 6.54. The number of aromatic amines is 1. The van der Waals surface area contributed by atoms with Crippen LogP contribution in [0.4, 0.5) is 0 Å². The van der Waals surface area contributed by atoms with Crippen LogP contribution < -0.4 is 5.56 Å². The Morgan fingerprint density at radius 1 is 0.923 bits per heavy atom. The summed E-state index contributed by atoms with van der Waals surface area (Å²) in [6, 6.07) is 8.42. The van der Waals surface area contributed by atoms with Crippen molar-refractivity contribution in [2.45, 2.75) is 20.3 Å². The van der Waals surface area contributed by atoms with Crippen molar-refractivity contribution in [1.29, 1.82) is 0 Å². The highest BCUT2D eigenvalue weighted by Gasteiger charge is 2.24. The first-order chi connectivity index (χ1) is 12.5. The summed E-state index contributed by atoms with van der Waals surface area (Å²) in [6.45, 7) is 6.08. The van der Waals surface area contributed by atoms with E-state index in [9.17, 15) is 14.4 Å². The maximum atomic E-state index is 12.8. The summed E-state index contributed by atoms with van der Waals surface area (Å²) in [5.74, 6) is -0.244. The fraction of sp³-hybridized carbons (Fsp3) is 0.368. The number of nitrogens with zero attached hydrogens (tertiary/aromatic N) is 3.